The zero-order valence-electron chi connectivity index (χ0n) is 11.5. The molecule has 1 aliphatic rings. The average Bonchev–Trinajstić information content (AvgIpc) is 3.17. The summed E-state index contributed by atoms with van der Waals surface area (Å²) in [5, 5.41) is 0. The summed E-state index contributed by atoms with van der Waals surface area (Å²) in [7, 11) is 0. The maximum Gasteiger partial charge on any atom is 0.247 e. The smallest absolute Gasteiger partial charge is 0.247 e. The van der Waals surface area contributed by atoms with Crippen LogP contribution < -0.4 is 0 Å². The zero-order valence-corrected chi connectivity index (χ0v) is 11.5. The Morgan fingerprint density at radius 3 is 2.81 bits per heavy atom. The molecule has 2 aromatic rings. The van der Waals surface area contributed by atoms with Crippen molar-refractivity contribution in [2.75, 3.05) is 6.54 Å². The second kappa shape index (κ2) is 5.95. The average molecular weight is 285 g/mol. The van der Waals surface area contributed by atoms with Gasteiger partial charge in [-0.1, -0.05) is 12.1 Å². The lowest BCUT2D eigenvalue weighted by molar-refractivity contribution is -0.126. The van der Waals surface area contributed by atoms with E-state index < -0.39 is 0 Å². The molecule has 0 bridgehead atoms. The molecule has 1 fully saturated rings. The van der Waals surface area contributed by atoms with E-state index in [0.717, 1.165) is 24.9 Å². The highest BCUT2D eigenvalue weighted by Crippen LogP contribution is 2.32. The first kappa shape index (κ1) is 13.6. The molecule has 3 rings (SSSR count). The molecule has 2 heterocycles. The number of rotatable bonds is 3. The fourth-order valence-electron chi connectivity index (χ4n) is 2.70. The van der Waals surface area contributed by atoms with Crippen molar-refractivity contribution in [2.45, 2.75) is 18.9 Å². The van der Waals surface area contributed by atoms with Gasteiger partial charge in [0.15, 0.2) is 0 Å². The van der Waals surface area contributed by atoms with Gasteiger partial charge < -0.3 is 9.32 Å². The van der Waals surface area contributed by atoms with Crippen LogP contribution in [0, 0.1) is 5.82 Å². The predicted molar refractivity (Wildman–Crippen MR) is 77.8 cm³/mol. The molecule has 0 aliphatic carbocycles. The van der Waals surface area contributed by atoms with Crippen molar-refractivity contribution in [1.82, 2.24) is 4.90 Å². The molecule has 4 heteroatoms. The van der Waals surface area contributed by atoms with Gasteiger partial charge in [0, 0.05) is 12.6 Å². The number of hydrogen-bond donors (Lipinski definition) is 0. The first-order chi connectivity index (χ1) is 10.2. The van der Waals surface area contributed by atoms with Crippen LogP contribution >= 0.6 is 0 Å². The Balaban J connectivity index is 1.74. The molecule has 1 aromatic carbocycles. The molecule has 21 heavy (non-hydrogen) atoms. The Morgan fingerprint density at radius 1 is 1.29 bits per heavy atom. The Labute approximate surface area is 122 Å². The Morgan fingerprint density at radius 2 is 2.10 bits per heavy atom. The summed E-state index contributed by atoms with van der Waals surface area (Å²) in [5.74, 6) is 0.353. The number of likely N-dealkylation sites (tertiary alicyclic amines) is 1. The van der Waals surface area contributed by atoms with E-state index in [2.05, 4.69) is 0 Å². The molecule has 0 radical (unpaired) electrons. The van der Waals surface area contributed by atoms with Gasteiger partial charge in [-0.25, -0.2) is 4.39 Å². The monoisotopic (exact) mass is 285 g/mol. The molecule has 1 atom stereocenters. The van der Waals surface area contributed by atoms with Crippen molar-refractivity contribution >= 4 is 12.0 Å². The molecule has 0 N–H and O–H groups in total. The van der Waals surface area contributed by atoms with E-state index in [9.17, 15) is 9.18 Å². The van der Waals surface area contributed by atoms with Crippen LogP contribution in [0.25, 0.3) is 6.08 Å². The van der Waals surface area contributed by atoms with Crippen LogP contribution in [0.3, 0.4) is 0 Å². The topological polar surface area (TPSA) is 33.5 Å². The van der Waals surface area contributed by atoms with Crippen molar-refractivity contribution in [3.05, 3.63) is 65.9 Å². The zero-order chi connectivity index (χ0) is 14.7. The SMILES string of the molecule is O=C(/C=C/c1ccco1)N1CCCC1c1ccc(F)cc1. The first-order valence-corrected chi connectivity index (χ1v) is 7.02. The molecule has 0 saturated carbocycles. The minimum absolute atomic E-state index is 0.0272. The number of benzene rings is 1. The summed E-state index contributed by atoms with van der Waals surface area (Å²) in [6.45, 7) is 0.726. The predicted octanol–water partition coefficient (Wildman–Crippen LogP) is 3.80. The highest BCUT2D eigenvalue weighted by Gasteiger charge is 2.28. The molecular weight excluding hydrogens is 269 g/mol. The molecule has 1 aromatic heterocycles. The number of amides is 1. The molecule has 1 unspecified atom stereocenters. The van der Waals surface area contributed by atoms with E-state index in [1.54, 1.807) is 36.6 Å². The summed E-state index contributed by atoms with van der Waals surface area (Å²) in [4.78, 5) is 14.1. The number of halogens is 1. The number of hydrogen-bond acceptors (Lipinski definition) is 2. The van der Waals surface area contributed by atoms with Gasteiger partial charge in [-0.2, -0.15) is 0 Å². The van der Waals surface area contributed by atoms with E-state index in [4.69, 9.17) is 4.42 Å². The second-order valence-corrected chi connectivity index (χ2v) is 5.09. The fourth-order valence-corrected chi connectivity index (χ4v) is 2.70. The lowest BCUT2D eigenvalue weighted by Gasteiger charge is -2.23. The molecular formula is C17H16FNO2. The maximum atomic E-state index is 13.0. The highest BCUT2D eigenvalue weighted by molar-refractivity contribution is 5.91. The number of carbonyl (C=O) groups is 1. The van der Waals surface area contributed by atoms with E-state index in [0.29, 0.717) is 5.76 Å². The molecule has 108 valence electrons. The van der Waals surface area contributed by atoms with Crippen LogP contribution in [0.5, 0.6) is 0 Å². The van der Waals surface area contributed by atoms with Crippen molar-refractivity contribution in [3.63, 3.8) is 0 Å². The third kappa shape index (κ3) is 3.05. The Bertz CT molecular complexity index is 631. The number of nitrogens with zero attached hydrogens (tertiary/aromatic N) is 1. The second-order valence-electron chi connectivity index (χ2n) is 5.09. The molecule has 0 spiro atoms. The molecule has 1 amide bonds. The standard InChI is InChI=1S/C17H16FNO2/c18-14-7-5-13(6-8-14)16-4-1-11-19(16)17(20)10-9-15-3-2-12-21-15/h2-3,5-10,12,16H,1,4,11H2/b10-9+. The van der Waals surface area contributed by atoms with E-state index in [1.807, 2.05) is 4.90 Å². The van der Waals surface area contributed by atoms with Crippen LogP contribution in [-0.2, 0) is 4.79 Å². The molecule has 1 saturated heterocycles. The van der Waals surface area contributed by atoms with Crippen LogP contribution in [0.4, 0.5) is 4.39 Å². The summed E-state index contributed by atoms with van der Waals surface area (Å²) >= 11 is 0. The third-order valence-electron chi connectivity index (χ3n) is 3.72. The Hall–Kier alpha value is -2.36. The van der Waals surface area contributed by atoms with E-state index >= 15 is 0 Å². The van der Waals surface area contributed by atoms with Gasteiger partial charge in [0.05, 0.1) is 12.3 Å². The maximum absolute atomic E-state index is 13.0. The highest BCUT2D eigenvalue weighted by atomic mass is 19.1. The van der Waals surface area contributed by atoms with Gasteiger partial charge in [0.25, 0.3) is 0 Å². The van der Waals surface area contributed by atoms with Crippen LogP contribution in [0.1, 0.15) is 30.2 Å². The number of carbonyl (C=O) groups excluding carboxylic acids is 1. The van der Waals surface area contributed by atoms with Crippen molar-refractivity contribution in [2.24, 2.45) is 0 Å². The summed E-state index contributed by atoms with van der Waals surface area (Å²) in [6, 6.07) is 9.99. The summed E-state index contributed by atoms with van der Waals surface area (Å²) in [6.07, 6.45) is 6.64. The quantitative estimate of drug-likeness (QED) is 0.804. The van der Waals surface area contributed by atoms with Crippen molar-refractivity contribution in [1.29, 1.82) is 0 Å². The van der Waals surface area contributed by atoms with Crippen LogP contribution in [0.2, 0.25) is 0 Å². The minimum Gasteiger partial charge on any atom is -0.465 e. The van der Waals surface area contributed by atoms with Gasteiger partial charge in [-0.3, -0.25) is 4.79 Å². The largest absolute Gasteiger partial charge is 0.465 e. The van der Waals surface area contributed by atoms with Crippen LogP contribution in [-0.4, -0.2) is 17.4 Å². The third-order valence-corrected chi connectivity index (χ3v) is 3.72. The Kier molecular flexibility index (Phi) is 3.86. The van der Waals surface area contributed by atoms with Crippen molar-refractivity contribution < 1.29 is 13.6 Å². The van der Waals surface area contributed by atoms with Gasteiger partial charge in [0.2, 0.25) is 5.91 Å². The van der Waals surface area contributed by atoms with Gasteiger partial charge in [0.1, 0.15) is 11.6 Å². The van der Waals surface area contributed by atoms with Gasteiger partial charge >= 0.3 is 0 Å². The lowest BCUT2D eigenvalue weighted by atomic mass is 10.0. The minimum atomic E-state index is -0.257. The van der Waals surface area contributed by atoms with Crippen molar-refractivity contribution in [3.8, 4) is 0 Å². The molecule has 1 aliphatic heterocycles. The first-order valence-electron chi connectivity index (χ1n) is 7.02. The molecule has 3 nitrogen and oxygen atoms in total. The number of furan rings is 1. The van der Waals surface area contributed by atoms with E-state index in [1.165, 1.54) is 18.2 Å². The summed E-state index contributed by atoms with van der Waals surface area (Å²) in [5.41, 5.74) is 0.980. The van der Waals surface area contributed by atoms with Gasteiger partial charge in [-0.05, 0) is 48.7 Å². The van der Waals surface area contributed by atoms with Crippen LogP contribution in [0.15, 0.2) is 53.2 Å². The summed E-state index contributed by atoms with van der Waals surface area (Å²) < 4.78 is 18.2. The normalized spacial score (nSPS) is 18.5. The van der Waals surface area contributed by atoms with Gasteiger partial charge in [-0.15, -0.1) is 0 Å². The lowest BCUT2D eigenvalue weighted by Crippen LogP contribution is -2.28. The fraction of sp³-hybridized carbons (Fsp3) is 0.235. The van der Waals surface area contributed by atoms with E-state index in [-0.39, 0.29) is 17.8 Å².